The van der Waals surface area contributed by atoms with Crippen molar-refractivity contribution in [2.24, 2.45) is 5.84 Å². The average molecular weight is 268 g/mol. The predicted molar refractivity (Wildman–Crippen MR) is 80.4 cm³/mol. The summed E-state index contributed by atoms with van der Waals surface area (Å²) in [7, 11) is 0. The molecule has 0 radical (unpaired) electrons. The molecule has 0 amide bonds. The number of anilines is 1. The third-order valence-electron chi connectivity index (χ3n) is 4.02. The number of nitrogen functional groups attached to an aromatic ring is 1. The molecule has 1 unspecified atom stereocenters. The van der Waals surface area contributed by atoms with Gasteiger partial charge in [0.1, 0.15) is 11.6 Å². The summed E-state index contributed by atoms with van der Waals surface area (Å²) in [4.78, 5) is 9.24. The number of aryl methyl sites for hydroxylation is 2. The average Bonchev–Trinajstić information content (AvgIpc) is 2.53. The van der Waals surface area contributed by atoms with Gasteiger partial charge in [-0.1, -0.05) is 31.2 Å². The molecule has 4 nitrogen and oxygen atoms in total. The van der Waals surface area contributed by atoms with E-state index in [0.717, 1.165) is 37.2 Å². The number of aromatic nitrogens is 2. The minimum absolute atomic E-state index is 0.392. The summed E-state index contributed by atoms with van der Waals surface area (Å²) >= 11 is 0. The number of rotatable bonds is 3. The molecule has 20 heavy (non-hydrogen) atoms. The lowest BCUT2D eigenvalue weighted by Crippen LogP contribution is -2.18. The lowest BCUT2D eigenvalue weighted by molar-refractivity contribution is 0.553. The second-order valence-electron chi connectivity index (χ2n) is 5.31. The molecule has 1 aromatic heterocycles. The van der Waals surface area contributed by atoms with Crippen LogP contribution in [0.3, 0.4) is 0 Å². The van der Waals surface area contributed by atoms with Gasteiger partial charge in [-0.3, -0.25) is 0 Å². The fraction of sp³-hybridized carbons (Fsp3) is 0.375. The zero-order valence-corrected chi connectivity index (χ0v) is 11.8. The SMILES string of the molecule is CCc1cc(NN)nc(C2CCc3ccccc3C2)n1. The Morgan fingerprint density at radius 3 is 2.80 bits per heavy atom. The standard InChI is InChI=1S/C16H20N4/c1-2-14-10-15(20-17)19-16(18-14)13-8-7-11-5-3-4-6-12(11)9-13/h3-6,10,13H,2,7-9,17H2,1H3,(H,18,19,20). The summed E-state index contributed by atoms with van der Waals surface area (Å²) in [6, 6.07) is 10.6. The fourth-order valence-electron chi connectivity index (χ4n) is 2.87. The van der Waals surface area contributed by atoms with E-state index in [1.54, 1.807) is 0 Å². The molecule has 0 aliphatic heterocycles. The van der Waals surface area contributed by atoms with Gasteiger partial charge in [0.25, 0.3) is 0 Å². The molecule has 1 aromatic carbocycles. The van der Waals surface area contributed by atoms with Crippen molar-refractivity contribution in [3.05, 3.63) is 53.0 Å². The summed E-state index contributed by atoms with van der Waals surface area (Å²) in [6.45, 7) is 2.10. The largest absolute Gasteiger partial charge is 0.308 e. The van der Waals surface area contributed by atoms with E-state index in [4.69, 9.17) is 5.84 Å². The quantitative estimate of drug-likeness (QED) is 0.663. The van der Waals surface area contributed by atoms with Gasteiger partial charge in [-0.05, 0) is 36.8 Å². The molecule has 0 fully saturated rings. The molecule has 4 heteroatoms. The van der Waals surface area contributed by atoms with Crippen LogP contribution in [-0.2, 0) is 19.3 Å². The Balaban J connectivity index is 1.91. The topological polar surface area (TPSA) is 63.8 Å². The summed E-state index contributed by atoms with van der Waals surface area (Å²) < 4.78 is 0. The molecule has 0 spiro atoms. The van der Waals surface area contributed by atoms with E-state index < -0.39 is 0 Å². The van der Waals surface area contributed by atoms with Crippen LogP contribution >= 0.6 is 0 Å². The fourth-order valence-corrected chi connectivity index (χ4v) is 2.87. The zero-order chi connectivity index (χ0) is 13.9. The van der Waals surface area contributed by atoms with Gasteiger partial charge in [0, 0.05) is 17.7 Å². The van der Waals surface area contributed by atoms with E-state index in [0.29, 0.717) is 11.7 Å². The van der Waals surface area contributed by atoms with Crippen LogP contribution in [0.2, 0.25) is 0 Å². The monoisotopic (exact) mass is 268 g/mol. The van der Waals surface area contributed by atoms with Crippen molar-refractivity contribution in [2.75, 3.05) is 5.43 Å². The van der Waals surface area contributed by atoms with Gasteiger partial charge in [-0.15, -0.1) is 0 Å². The number of fused-ring (bicyclic) bond motifs is 1. The molecule has 0 saturated heterocycles. The van der Waals surface area contributed by atoms with Crippen LogP contribution in [0.25, 0.3) is 0 Å². The maximum absolute atomic E-state index is 5.51. The van der Waals surface area contributed by atoms with Crippen LogP contribution in [0.1, 0.15) is 41.9 Å². The highest BCUT2D eigenvalue weighted by molar-refractivity contribution is 5.37. The van der Waals surface area contributed by atoms with Gasteiger partial charge in [0.05, 0.1) is 0 Å². The predicted octanol–water partition coefficient (Wildman–Crippen LogP) is 2.60. The molecule has 2 aromatic rings. The molecule has 1 heterocycles. The second-order valence-corrected chi connectivity index (χ2v) is 5.31. The van der Waals surface area contributed by atoms with Gasteiger partial charge < -0.3 is 5.43 Å². The molecule has 0 saturated carbocycles. The minimum atomic E-state index is 0.392. The molecule has 1 atom stereocenters. The van der Waals surface area contributed by atoms with E-state index >= 15 is 0 Å². The molecule has 104 valence electrons. The highest BCUT2D eigenvalue weighted by Gasteiger charge is 2.22. The van der Waals surface area contributed by atoms with Crippen molar-refractivity contribution in [1.29, 1.82) is 0 Å². The van der Waals surface area contributed by atoms with Crippen molar-refractivity contribution in [3.63, 3.8) is 0 Å². The van der Waals surface area contributed by atoms with Gasteiger partial charge in [0.15, 0.2) is 0 Å². The first kappa shape index (κ1) is 13.1. The number of benzene rings is 1. The minimum Gasteiger partial charge on any atom is -0.308 e. The summed E-state index contributed by atoms with van der Waals surface area (Å²) in [5.74, 6) is 7.54. The Kier molecular flexibility index (Phi) is 3.65. The van der Waals surface area contributed by atoms with Gasteiger partial charge >= 0.3 is 0 Å². The molecular formula is C16H20N4. The van der Waals surface area contributed by atoms with Crippen molar-refractivity contribution < 1.29 is 0 Å². The van der Waals surface area contributed by atoms with Crippen LogP contribution in [0.4, 0.5) is 5.82 Å². The Bertz CT molecular complexity index is 587. The first-order valence-corrected chi connectivity index (χ1v) is 7.21. The maximum Gasteiger partial charge on any atom is 0.143 e. The van der Waals surface area contributed by atoms with E-state index in [9.17, 15) is 0 Å². The molecule has 0 bridgehead atoms. The van der Waals surface area contributed by atoms with Crippen molar-refractivity contribution >= 4 is 5.82 Å². The summed E-state index contributed by atoms with van der Waals surface area (Å²) in [5, 5.41) is 0. The van der Waals surface area contributed by atoms with Crippen LogP contribution < -0.4 is 11.3 Å². The van der Waals surface area contributed by atoms with Crippen LogP contribution in [0.15, 0.2) is 30.3 Å². The smallest absolute Gasteiger partial charge is 0.143 e. The highest BCUT2D eigenvalue weighted by atomic mass is 15.3. The van der Waals surface area contributed by atoms with Crippen molar-refractivity contribution in [1.82, 2.24) is 9.97 Å². The Labute approximate surface area is 119 Å². The zero-order valence-electron chi connectivity index (χ0n) is 11.8. The lowest BCUT2D eigenvalue weighted by Gasteiger charge is -2.24. The van der Waals surface area contributed by atoms with Crippen LogP contribution in [0.5, 0.6) is 0 Å². The Morgan fingerprint density at radius 2 is 2.05 bits per heavy atom. The third kappa shape index (κ3) is 2.51. The second kappa shape index (κ2) is 5.59. The summed E-state index contributed by atoms with van der Waals surface area (Å²) in [5.41, 5.74) is 6.59. The number of nitrogens with one attached hydrogen (secondary N) is 1. The lowest BCUT2D eigenvalue weighted by atomic mass is 9.83. The van der Waals surface area contributed by atoms with E-state index in [-0.39, 0.29) is 0 Å². The van der Waals surface area contributed by atoms with Crippen LogP contribution in [-0.4, -0.2) is 9.97 Å². The number of hydrogen-bond donors (Lipinski definition) is 2. The first-order chi connectivity index (χ1) is 9.80. The normalized spacial score (nSPS) is 17.6. The molecule has 3 N–H and O–H groups in total. The van der Waals surface area contributed by atoms with E-state index in [2.05, 4.69) is 46.6 Å². The van der Waals surface area contributed by atoms with E-state index in [1.807, 2.05) is 6.07 Å². The number of hydrogen-bond acceptors (Lipinski definition) is 4. The molecule has 3 rings (SSSR count). The van der Waals surface area contributed by atoms with Gasteiger partial charge in [0.2, 0.25) is 0 Å². The van der Waals surface area contributed by atoms with Crippen molar-refractivity contribution in [3.8, 4) is 0 Å². The molecule has 1 aliphatic rings. The molecular weight excluding hydrogens is 248 g/mol. The first-order valence-electron chi connectivity index (χ1n) is 7.21. The van der Waals surface area contributed by atoms with Crippen molar-refractivity contribution in [2.45, 2.75) is 38.5 Å². The highest BCUT2D eigenvalue weighted by Crippen LogP contribution is 2.31. The van der Waals surface area contributed by atoms with Gasteiger partial charge in [-0.2, -0.15) is 0 Å². The Morgan fingerprint density at radius 1 is 1.25 bits per heavy atom. The number of hydrazine groups is 1. The van der Waals surface area contributed by atoms with Crippen LogP contribution in [0, 0.1) is 0 Å². The third-order valence-corrected chi connectivity index (χ3v) is 4.02. The number of nitrogens with zero attached hydrogens (tertiary/aromatic N) is 2. The van der Waals surface area contributed by atoms with E-state index in [1.165, 1.54) is 11.1 Å². The van der Waals surface area contributed by atoms with Gasteiger partial charge in [-0.25, -0.2) is 15.8 Å². The Hall–Kier alpha value is -1.94. The number of nitrogens with two attached hydrogens (primary N) is 1. The summed E-state index contributed by atoms with van der Waals surface area (Å²) in [6.07, 6.45) is 4.13. The maximum atomic E-state index is 5.51. The molecule has 1 aliphatic carbocycles.